The zero-order valence-corrected chi connectivity index (χ0v) is 16.9. The second-order valence-electron chi connectivity index (χ2n) is 6.71. The fraction of sp³-hybridized carbons (Fsp3) is 0.182. The lowest BCUT2D eigenvalue weighted by Gasteiger charge is -2.06. The zero-order valence-electron chi connectivity index (χ0n) is 16.1. The third kappa shape index (κ3) is 5.24. The molecule has 0 radical (unpaired) electrons. The summed E-state index contributed by atoms with van der Waals surface area (Å²) in [5.41, 5.74) is 1.52. The monoisotopic (exact) mass is 446 g/mol. The van der Waals surface area contributed by atoms with Crippen molar-refractivity contribution in [2.45, 2.75) is 12.6 Å². The summed E-state index contributed by atoms with van der Waals surface area (Å²) in [6.45, 7) is 0.584. The van der Waals surface area contributed by atoms with Gasteiger partial charge in [0, 0.05) is 30.0 Å². The van der Waals surface area contributed by atoms with Gasteiger partial charge in [0.25, 0.3) is 0 Å². The summed E-state index contributed by atoms with van der Waals surface area (Å²) in [6.07, 6.45) is -0.724. The van der Waals surface area contributed by atoms with Crippen LogP contribution < -0.4 is 14.8 Å². The van der Waals surface area contributed by atoms with Crippen LogP contribution in [0.4, 0.5) is 13.2 Å². The molecule has 0 aliphatic carbocycles. The number of benzene rings is 2. The Morgan fingerprint density at radius 3 is 2.68 bits per heavy atom. The quantitative estimate of drug-likeness (QED) is 0.546. The van der Waals surface area contributed by atoms with E-state index in [1.165, 1.54) is 29.5 Å². The van der Waals surface area contributed by atoms with Crippen LogP contribution in [0.15, 0.2) is 53.9 Å². The lowest BCUT2D eigenvalue weighted by Crippen LogP contribution is -2.23. The number of alkyl halides is 3. The van der Waals surface area contributed by atoms with Crippen molar-refractivity contribution < 1.29 is 27.4 Å². The number of ether oxygens (including phenoxy) is 2. The van der Waals surface area contributed by atoms with Crippen molar-refractivity contribution >= 4 is 23.3 Å². The van der Waals surface area contributed by atoms with E-state index in [0.29, 0.717) is 35.0 Å². The number of nitrogens with zero attached hydrogens (tertiary/aromatic N) is 1. The molecule has 2 heterocycles. The van der Waals surface area contributed by atoms with Crippen LogP contribution in [0, 0.1) is 0 Å². The maximum Gasteiger partial charge on any atom is 0.416 e. The molecule has 0 fully saturated rings. The van der Waals surface area contributed by atoms with Gasteiger partial charge in [0.2, 0.25) is 12.7 Å². The number of rotatable bonds is 6. The first-order valence-corrected chi connectivity index (χ1v) is 10.2. The van der Waals surface area contributed by atoms with Gasteiger partial charge >= 0.3 is 6.18 Å². The van der Waals surface area contributed by atoms with E-state index >= 15 is 0 Å². The van der Waals surface area contributed by atoms with Crippen LogP contribution in [0.2, 0.25) is 0 Å². The SMILES string of the molecule is O=C(/C=C/c1ccc2c(c1)OCO2)NCCc1csc(-c2ccc(C(F)(F)F)cc2)n1. The third-order valence-electron chi connectivity index (χ3n) is 4.52. The summed E-state index contributed by atoms with van der Waals surface area (Å²) in [5, 5.41) is 5.26. The molecule has 0 spiro atoms. The average Bonchev–Trinajstić information content (AvgIpc) is 3.41. The zero-order chi connectivity index (χ0) is 21.8. The third-order valence-corrected chi connectivity index (χ3v) is 5.46. The normalized spacial score (nSPS) is 13.0. The van der Waals surface area contributed by atoms with E-state index in [-0.39, 0.29) is 12.7 Å². The Morgan fingerprint density at radius 2 is 1.90 bits per heavy atom. The Labute approximate surface area is 180 Å². The molecule has 1 aliphatic heterocycles. The highest BCUT2D eigenvalue weighted by molar-refractivity contribution is 7.13. The van der Waals surface area contributed by atoms with Gasteiger partial charge in [-0.15, -0.1) is 11.3 Å². The number of hydrogen-bond acceptors (Lipinski definition) is 5. The second-order valence-corrected chi connectivity index (χ2v) is 7.56. The van der Waals surface area contributed by atoms with Gasteiger partial charge < -0.3 is 14.8 Å². The molecule has 5 nitrogen and oxygen atoms in total. The maximum atomic E-state index is 12.7. The van der Waals surface area contributed by atoms with Gasteiger partial charge in [0.1, 0.15) is 5.01 Å². The minimum Gasteiger partial charge on any atom is -0.454 e. The van der Waals surface area contributed by atoms with E-state index in [1.807, 2.05) is 11.4 Å². The molecule has 0 saturated heterocycles. The highest BCUT2D eigenvalue weighted by atomic mass is 32.1. The van der Waals surface area contributed by atoms with Crippen molar-refractivity contribution in [1.82, 2.24) is 10.3 Å². The number of carbonyl (C=O) groups excluding carboxylic acids is 1. The van der Waals surface area contributed by atoms with Crippen molar-refractivity contribution in [1.29, 1.82) is 0 Å². The number of thiazole rings is 1. The number of amides is 1. The molecule has 1 aromatic heterocycles. The maximum absolute atomic E-state index is 12.7. The molecule has 31 heavy (non-hydrogen) atoms. The Balaban J connectivity index is 1.27. The first-order valence-electron chi connectivity index (χ1n) is 9.36. The van der Waals surface area contributed by atoms with Crippen LogP contribution in [-0.2, 0) is 17.4 Å². The Bertz CT molecular complexity index is 1110. The smallest absolute Gasteiger partial charge is 0.416 e. The van der Waals surface area contributed by atoms with Gasteiger partial charge in [0.15, 0.2) is 11.5 Å². The predicted molar refractivity (Wildman–Crippen MR) is 111 cm³/mol. The number of hydrogen-bond donors (Lipinski definition) is 1. The van der Waals surface area contributed by atoms with Crippen LogP contribution in [0.25, 0.3) is 16.6 Å². The summed E-state index contributed by atoms with van der Waals surface area (Å²) in [7, 11) is 0. The van der Waals surface area contributed by atoms with Crippen molar-refractivity contribution in [3.8, 4) is 22.1 Å². The number of fused-ring (bicyclic) bond motifs is 1. The van der Waals surface area contributed by atoms with Crippen LogP contribution in [0.1, 0.15) is 16.8 Å². The van der Waals surface area contributed by atoms with Gasteiger partial charge in [-0.25, -0.2) is 4.98 Å². The first-order chi connectivity index (χ1) is 14.9. The summed E-state index contributed by atoms with van der Waals surface area (Å²) in [5.74, 6) is 1.09. The Hall–Kier alpha value is -3.33. The summed E-state index contributed by atoms with van der Waals surface area (Å²) >= 11 is 1.35. The van der Waals surface area contributed by atoms with E-state index < -0.39 is 11.7 Å². The molecular formula is C22H17F3N2O3S. The lowest BCUT2D eigenvalue weighted by molar-refractivity contribution is -0.137. The van der Waals surface area contributed by atoms with Gasteiger partial charge in [-0.3, -0.25) is 4.79 Å². The summed E-state index contributed by atoms with van der Waals surface area (Å²) < 4.78 is 48.6. The first kappa shape index (κ1) is 20.9. The van der Waals surface area contributed by atoms with Crippen LogP contribution in [0.3, 0.4) is 0 Å². The number of nitrogens with one attached hydrogen (secondary N) is 1. The molecule has 3 aromatic rings. The molecule has 0 saturated carbocycles. The van der Waals surface area contributed by atoms with Crippen LogP contribution >= 0.6 is 11.3 Å². The Kier molecular flexibility index (Phi) is 5.94. The molecule has 160 valence electrons. The highest BCUT2D eigenvalue weighted by Crippen LogP contribution is 2.33. The van der Waals surface area contributed by atoms with Gasteiger partial charge in [-0.05, 0) is 35.9 Å². The number of carbonyl (C=O) groups is 1. The van der Waals surface area contributed by atoms with E-state index in [2.05, 4.69) is 10.3 Å². The minimum absolute atomic E-state index is 0.195. The fourth-order valence-electron chi connectivity index (χ4n) is 2.92. The van der Waals surface area contributed by atoms with Crippen LogP contribution in [-0.4, -0.2) is 24.2 Å². The van der Waals surface area contributed by atoms with Crippen molar-refractivity contribution in [2.75, 3.05) is 13.3 Å². The van der Waals surface area contributed by atoms with Gasteiger partial charge in [-0.1, -0.05) is 18.2 Å². The van der Waals surface area contributed by atoms with Gasteiger partial charge in [0.05, 0.1) is 11.3 Å². The molecule has 0 unspecified atom stereocenters. The van der Waals surface area contributed by atoms with Crippen molar-refractivity contribution in [3.63, 3.8) is 0 Å². The molecule has 1 aliphatic rings. The van der Waals surface area contributed by atoms with E-state index in [4.69, 9.17) is 9.47 Å². The molecule has 2 aromatic carbocycles. The minimum atomic E-state index is -4.36. The molecule has 1 N–H and O–H groups in total. The number of aromatic nitrogens is 1. The van der Waals surface area contributed by atoms with Crippen molar-refractivity contribution in [2.24, 2.45) is 0 Å². The molecule has 1 amide bonds. The molecule has 0 bridgehead atoms. The summed E-state index contributed by atoms with van der Waals surface area (Å²) in [6, 6.07) is 10.3. The molecule has 0 atom stereocenters. The van der Waals surface area contributed by atoms with E-state index in [0.717, 1.165) is 23.4 Å². The standard InChI is InChI=1S/C22H17F3N2O3S/c23-22(24,25)16-5-3-15(4-6-16)21-27-17(12-31-21)9-10-26-20(28)8-2-14-1-7-18-19(11-14)30-13-29-18/h1-8,11-12H,9-10,13H2,(H,26,28)/b8-2+. The van der Waals surface area contributed by atoms with E-state index in [9.17, 15) is 18.0 Å². The molecule has 9 heteroatoms. The lowest BCUT2D eigenvalue weighted by atomic mass is 10.1. The largest absolute Gasteiger partial charge is 0.454 e. The second kappa shape index (κ2) is 8.81. The summed E-state index contributed by atoms with van der Waals surface area (Å²) in [4.78, 5) is 16.5. The topological polar surface area (TPSA) is 60.5 Å². The average molecular weight is 446 g/mol. The fourth-order valence-corrected chi connectivity index (χ4v) is 3.78. The Morgan fingerprint density at radius 1 is 1.13 bits per heavy atom. The predicted octanol–water partition coefficient (Wildman–Crippen LogP) is 4.93. The van der Waals surface area contributed by atoms with Crippen molar-refractivity contribution in [3.05, 3.63) is 70.7 Å². The highest BCUT2D eigenvalue weighted by Gasteiger charge is 2.30. The molecular weight excluding hydrogens is 429 g/mol. The van der Waals surface area contributed by atoms with E-state index in [1.54, 1.807) is 18.2 Å². The van der Waals surface area contributed by atoms with Gasteiger partial charge in [-0.2, -0.15) is 13.2 Å². The molecule has 4 rings (SSSR count). The van der Waals surface area contributed by atoms with Crippen LogP contribution in [0.5, 0.6) is 11.5 Å². The number of halogens is 3.